The summed E-state index contributed by atoms with van der Waals surface area (Å²) < 4.78 is 0. The van der Waals surface area contributed by atoms with E-state index < -0.39 is 0 Å². The minimum atomic E-state index is 0.342. The third-order valence-electron chi connectivity index (χ3n) is 4.97. The van der Waals surface area contributed by atoms with E-state index in [0.29, 0.717) is 17.7 Å². The summed E-state index contributed by atoms with van der Waals surface area (Å²) in [5.41, 5.74) is 2.10. The number of amides is 1. The van der Waals surface area contributed by atoms with Crippen LogP contribution in [0.1, 0.15) is 43.8 Å². The average molecular weight is 283 g/mol. The van der Waals surface area contributed by atoms with Crippen molar-refractivity contribution in [2.45, 2.75) is 38.0 Å². The molecular weight excluding hydrogens is 262 g/mol. The fraction of sp³-hybridized carbons (Fsp3) is 0.529. The molecule has 0 bridgehead atoms. The van der Waals surface area contributed by atoms with Crippen molar-refractivity contribution in [3.8, 4) is 0 Å². The highest BCUT2D eigenvalue weighted by Gasteiger charge is 2.34. The third kappa shape index (κ3) is 2.43. The zero-order valence-electron chi connectivity index (χ0n) is 12.2. The van der Waals surface area contributed by atoms with Crippen LogP contribution in [0.15, 0.2) is 24.3 Å². The topological polar surface area (TPSA) is 49.0 Å². The van der Waals surface area contributed by atoms with Gasteiger partial charge < -0.3 is 9.88 Å². The first-order valence-corrected chi connectivity index (χ1v) is 8.02. The summed E-state index contributed by atoms with van der Waals surface area (Å²) in [5, 5.41) is 0. The van der Waals surface area contributed by atoms with E-state index in [4.69, 9.17) is 0 Å². The SMILES string of the molecule is O=C(CC1CCCC1)N1CC(c2nc3ccccc3[nH]2)C1. The molecule has 0 radical (unpaired) electrons. The van der Waals surface area contributed by atoms with Crippen LogP contribution in [0.5, 0.6) is 0 Å². The number of hydrogen-bond acceptors (Lipinski definition) is 2. The predicted molar refractivity (Wildman–Crippen MR) is 82.0 cm³/mol. The lowest BCUT2D eigenvalue weighted by atomic mass is 9.96. The van der Waals surface area contributed by atoms with Crippen molar-refractivity contribution < 1.29 is 4.79 Å². The number of para-hydroxylation sites is 2. The van der Waals surface area contributed by atoms with Gasteiger partial charge in [0, 0.05) is 19.5 Å². The van der Waals surface area contributed by atoms with Crippen molar-refractivity contribution in [1.29, 1.82) is 0 Å². The van der Waals surface area contributed by atoms with E-state index in [1.165, 1.54) is 25.7 Å². The predicted octanol–water partition coefficient (Wildman–Crippen LogP) is 3.07. The first kappa shape index (κ1) is 12.9. The van der Waals surface area contributed by atoms with Gasteiger partial charge in [0.2, 0.25) is 5.91 Å². The maximum Gasteiger partial charge on any atom is 0.222 e. The van der Waals surface area contributed by atoms with Crippen LogP contribution in [-0.2, 0) is 4.79 Å². The molecule has 110 valence electrons. The number of carbonyl (C=O) groups excluding carboxylic acids is 1. The summed E-state index contributed by atoms with van der Waals surface area (Å²) >= 11 is 0. The molecule has 1 saturated carbocycles. The highest BCUT2D eigenvalue weighted by atomic mass is 16.2. The van der Waals surface area contributed by atoms with Crippen LogP contribution in [-0.4, -0.2) is 33.9 Å². The monoisotopic (exact) mass is 283 g/mol. The van der Waals surface area contributed by atoms with E-state index in [2.05, 4.69) is 9.97 Å². The second-order valence-corrected chi connectivity index (χ2v) is 6.49. The van der Waals surface area contributed by atoms with Crippen LogP contribution in [0, 0.1) is 5.92 Å². The fourth-order valence-corrected chi connectivity index (χ4v) is 3.61. The number of benzene rings is 1. The Kier molecular flexibility index (Phi) is 3.17. The molecule has 1 amide bonds. The summed E-state index contributed by atoms with van der Waals surface area (Å²) in [4.78, 5) is 22.2. The Morgan fingerprint density at radius 1 is 1.24 bits per heavy atom. The van der Waals surface area contributed by atoms with Crippen molar-refractivity contribution in [2.24, 2.45) is 5.92 Å². The molecule has 2 heterocycles. The van der Waals surface area contributed by atoms with E-state index in [0.717, 1.165) is 36.4 Å². The molecule has 4 nitrogen and oxygen atoms in total. The Bertz CT molecular complexity index is 618. The molecule has 4 heteroatoms. The number of likely N-dealkylation sites (tertiary alicyclic amines) is 1. The Morgan fingerprint density at radius 3 is 2.76 bits per heavy atom. The Balaban J connectivity index is 1.36. The molecular formula is C17H21N3O. The smallest absolute Gasteiger partial charge is 0.222 e. The first-order chi connectivity index (χ1) is 10.3. The number of nitrogens with zero attached hydrogens (tertiary/aromatic N) is 2. The van der Waals surface area contributed by atoms with E-state index >= 15 is 0 Å². The van der Waals surface area contributed by atoms with Crippen LogP contribution >= 0.6 is 0 Å². The molecule has 2 fully saturated rings. The van der Waals surface area contributed by atoms with Crippen LogP contribution in [0.4, 0.5) is 0 Å². The number of rotatable bonds is 3. The number of fused-ring (bicyclic) bond motifs is 1. The molecule has 1 aromatic carbocycles. The van der Waals surface area contributed by atoms with E-state index in [1.807, 2.05) is 29.2 Å². The van der Waals surface area contributed by atoms with Gasteiger partial charge in [0.1, 0.15) is 5.82 Å². The molecule has 0 atom stereocenters. The molecule has 1 N–H and O–H groups in total. The summed E-state index contributed by atoms with van der Waals surface area (Å²) in [7, 11) is 0. The lowest BCUT2D eigenvalue weighted by Gasteiger charge is -2.38. The Morgan fingerprint density at radius 2 is 2.00 bits per heavy atom. The number of carbonyl (C=O) groups is 1. The summed E-state index contributed by atoms with van der Waals surface area (Å²) in [5.74, 6) is 2.39. The van der Waals surface area contributed by atoms with Crippen molar-refractivity contribution in [3.05, 3.63) is 30.1 Å². The number of aromatic nitrogens is 2. The maximum atomic E-state index is 12.2. The van der Waals surface area contributed by atoms with Crippen LogP contribution in [0.2, 0.25) is 0 Å². The third-order valence-corrected chi connectivity index (χ3v) is 4.97. The highest BCUT2D eigenvalue weighted by molar-refractivity contribution is 5.78. The van der Waals surface area contributed by atoms with Gasteiger partial charge in [-0.3, -0.25) is 4.79 Å². The Labute approximate surface area is 124 Å². The van der Waals surface area contributed by atoms with Gasteiger partial charge in [0.05, 0.1) is 17.0 Å². The van der Waals surface area contributed by atoms with Crippen molar-refractivity contribution in [2.75, 3.05) is 13.1 Å². The molecule has 2 aliphatic rings. The average Bonchev–Trinajstić information content (AvgIpc) is 3.05. The van der Waals surface area contributed by atoms with E-state index in [1.54, 1.807) is 0 Å². The normalized spacial score (nSPS) is 20.1. The molecule has 2 aromatic rings. The second-order valence-electron chi connectivity index (χ2n) is 6.49. The van der Waals surface area contributed by atoms with Gasteiger partial charge in [-0.15, -0.1) is 0 Å². The summed E-state index contributed by atoms with van der Waals surface area (Å²) in [6.07, 6.45) is 5.85. The van der Waals surface area contributed by atoms with Gasteiger partial charge in [-0.2, -0.15) is 0 Å². The summed E-state index contributed by atoms with van der Waals surface area (Å²) in [6.45, 7) is 1.65. The number of hydrogen-bond donors (Lipinski definition) is 1. The van der Waals surface area contributed by atoms with Gasteiger partial charge in [-0.05, 0) is 30.9 Å². The van der Waals surface area contributed by atoms with Gasteiger partial charge >= 0.3 is 0 Å². The molecule has 0 unspecified atom stereocenters. The fourth-order valence-electron chi connectivity index (χ4n) is 3.61. The van der Waals surface area contributed by atoms with Gasteiger partial charge in [0.25, 0.3) is 0 Å². The van der Waals surface area contributed by atoms with Gasteiger partial charge in [0.15, 0.2) is 0 Å². The Hall–Kier alpha value is -1.84. The molecule has 4 rings (SSSR count). The lowest BCUT2D eigenvalue weighted by Crippen LogP contribution is -2.49. The minimum Gasteiger partial charge on any atom is -0.342 e. The second kappa shape index (κ2) is 5.17. The maximum absolute atomic E-state index is 12.2. The zero-order chi connectivity index (χ0) is 14.2. The van der Waals surface area contributed by atoms with Crippen molar-refractivity contribution in [1.82, 2.24) is 14.9 Å². The lowest BCUT2D eigenvalue weighted by molar-refractivity contribution is -0.136. The van der Waals surface area contributed by atoms with Crippen LogP contribution in [0.3, 0.4) is 0 Å². The van der Waals surface area contributed by atoms with Crippen molar-refractivity contribution in [3.63, 3.8) is 0 Å². The summed E-state index contributed by atoms with van der Waals surface area (Å²) in [6, 6.07) is 8.10. The quantitative estimate of drug-likeness (QED) is 0.941. The first-order valence-electron chi connectivity index (χ1n) is 8.02. The van der Waals surface area contributed by atoms with Gasteiger partial charge in [-0.1, -0.05) is 25.0 Å². The van der Waals surface area contributed by atoms with E-state index in [9.17, 15) is 4.79 Å². The van der Waals surface area contributed by atoms with Crippen LogP contribution in [0.25, 0.3) is 11.0 Å². The molecule has 1 aliphatic heterocycles. The minimum absolute atomic E-state index is 0.342. The largest absolute Gasteiger partial charge is 0.342 e. The molecule has 0 spiro atoms. The van der Waals surface area contributed by atoms with E-state index in [-0.39, 0.29) is 0 Å². The van der Waals surface area contributed by atoms with Crippen molar-refractivity contribution >= 4 is 16.9 Å². The zero-order valence-corrected chi connectivity index (χ0v) is 12.2. The molecule has 1 saturated heterocycles. The molecule has 21 heavy (non-hydrogen) atoms. The number of nitrogens with one attached hydrogen (secondary N) is 1. The standard InChI is InChI=1S/C17H21N3O/c21-16(9-12-5-1-2-6-12)20-10-13(11-20)17-18-14-7-3-4-8-15(14)19-17/h3-4,7-8,12-13H,1-2,5-6,9-11H2,(H,18,19). The number of aromatic amines is 1. The van der Waals surface area contributed by atoms with Gasteiger partial charge in [-0.25, -0.2) is 4.98 Å². The highest BCUT2D eigenvalue weighted by Crippen LogP contribution is 2.31. The molecule has 1 aromatic heterocycles. The number of imidazole rings is 1. The molecule has 1 aliphatic carbocycles. The van der Waals surface area contributed by atoms with Crippen LogP contribution < -0.4 is 0 Å². The number of H-pyrrole nitrogens is 1.